The number of aryl methyl sites for hydroxylation is 2. The van der Waals surface area contributed by atoms with Gasteiger partial charge in [-0.2, -0.15) is 0 Å². The molecule has 1 heterocycles. The Balaban J connectivity index is 1.57. The molecular formula is C24H29N3O3S. The highest BCUT2D eigenvalue weighted by molar-refractivity contribution is 8.00. The van der Waals surface area contributed by atoms with Gasteiger partial charge in [-0.15, -0.1) is 11.8 Å². The van der Waals surface area contributed by atoms with Crippen LogP contribution in [0, 0.1) is 13.8 Å². The summed E-state index contributed by atoms with van der Waals surface area (Å²) < 4.78 is 6.81. The predicted octanol–water partition coefficient (Wildman–Crippen LogP) is 4.56. The molecule has 0 fully saturated rings. The summed E-state index contributed by atoms with van der Waals surface area (Å²) in [5, 5.41) is 3.86. The van der Waals surface area contributed by atoms with E-state index < -0.39 is 0 Å². The molecule has 0 aliphatic heterocycles. The molecule has 0 amide bonds. The normalized spacial score (nSPS) is 12.0. The van der Waals surface area contributed by atoms with Gasteiger partial charge in [-0.1, -0.05) is 12.1 Å². The van der Waals surface area contributed by atoms with E-state index in [-0.39, 0.29) is 16.8 Å². The molecule has 0 aliphatic rings. The number of aromatic nitrogens is 2. The van der Waals surface area contributed by atoms with E-state index in [1.807, 2.05) is 64.1 Å². The number of nitrogens with one attached hydrogen (secondary N) is 1. The molecule has 0 saturated heterocycles. The standard InChI is InChI=1S/C24H29N3O3S/c1-5-30-24(29)17(3)31-19-11-12-21(16(2)15-19)25-13-8-14-27-18(4)26-22-10-7-6-9-20(22)23(27)28/h6-7,9-12,15,17,25H,5,8,13-14H2,1-4H3. The Hall–Kier alpha value is -2.80. The van der Waals surface area contributed by atoms with Crippen molar-refractivity contribution in [3.05, 3.63) is 64.2 Å². The Morgan fingerprint density at radius 3 is 2.74 bits per heavy atom. The molecule has 3 rings (SSSR count). The van der Waals surface area contributed by atoms with Gasteiger partial charge in [0.05, 0.1) is 17.5 Å². The van der Waals surface area contributed by atoms with Gasteiger partial charge in [-0.05, 0) is 70.0 Å². The second kappa shape index (κ2) is 10.5. The van der Waals surface area contributed by atoms with E-state index in [9.17, 15) is 9.59 Å². The number of hydrogen-bond donors (Lipinski definition) is 1. The van der Waals surface area contributed by atoms with Gasteiger partial charge < -0.3 is 10.1 Å². The number of benzene rings is 2. The van der Waals surface area contributed by atoms with Gasteiger partial charge in [-0.3, -0.25) is 14.2 Å². The molecule has 1 aromatic heterocycles. The average molecular weight is 440 g/mol. The minimum atomic E-state index is -0.240. The average Bonchev–Trinajstić information content (AvgIpc) is 2.74. The third-order valence-electron chi connectivity index (χ3n) is 5.06. The summed E-state index contributed by atoms with van der Waals surface area (Å²) in [5.74, 6) is 0.540. The largest absolute Gasteiger partial charge is 0.465 e. The number of carbonyl (C=O) groups excluding carboxylic acids is 1. The first-order valence-electron chi connectivity index (χ1n) is 10.5. The van der Waals surface area contributed by atoms with Gasteiger partial charge in [0.2, 0.25) is 0 Å². The molecule has 31 heavy (non-hydrogen) atoms. The summed E-state index contributed by atoms with van der Waals surface area (Å²) in [6.45, 7) is 9.34. The zero-order valence-corrected chi connectivity index (χ0v) is 19.3. The Morgan fingerprint density at radius 1 is 1.23 bits per heavy atom. The summed E-state index contributed by atoms with van der Waals surface area (Å²) in [6, 6.07) is 13.6. The molecule has 0 radical (unpaired) electrons. The van der Waals surface area contributed by atoms with Crippen LogP contribution < -0.4 is 10.9 Å². The van der Waals surface area contributed by atoms with Gasteiger partial charge in [0.25, 0.3) is 5.56 Å². The molecule has 6 nitrogen and oxygen atoms in total. The lowest BCUT2D eigenvalue weighted by Crippen LogP contribution is -2.25. The topological polar surface area (TPSA) is 73.2 Å². The fourth-order valence-corrected chi connectivity index (χ4v) is 4.39. The summed E-state index contributed by atoms with van der Waals surface area (Å²) in [5.41, 5.74) is 2.91. The maximum Gasteiger partial charge on any atom is 0.319 e. The lowest BCUT2D eigenvalue weighted by atomic mass is 10.2. The van der Waals surface area contributed by atoms with E-state index in [1.165, 1.54) is 11.8 Å². The third-order valence-corrected chi connectivity index (χ3v) is 6.13. The van der Waals surface area contributed by atoms with Crippen LogP contribution in [-0.4, -0.2) is 33.9 Å². The van der Waals surface area contributed by atoms with Crippen LogP contribution in [0.3, 0.4) is 0 Å². The number of esters is 1. The highest BCUT2D eigenvalue weighted by Gasteiger charge is 2.15. The second-order valence-corrected chi connectivity index (χ2v) is 8.82. The molecule has 3 aromatic rings. The van der Waals surface area contributed by atoms with Crippen LogP contribution in [0.2, 0.25) is 0 Å². The van der Waals surface area contributed by atoms with E-state index in [2.05, 4.69) is 16.4 Å². The molecule has 2 aromatic carbocycles. The summed E-state index contributed by atoms with van der Waals surface area (Å²) in [6.07, 6.45) is 0.802. The molecule has 7 heteroatoms. The van der Waals surface area contributed by atoms with Crippen LogP contribution >= 0.6 is 11.8 Å². The minimum Gasteiger partial charge on any atom is -0.465 e. The number of ether oxygens (including phenoxy) is 1. The number of thioether (sulfide) groups is 1. The maximum atomic E-state index is 12.7. The van der Waals surface area contributed by atoms with Crippen LogP contribution in [0.15, 0.2) is 52.2 Å². The minimum absolute atomic E-state index is 0.0105. The summed E-state index contributed by atoms with van der Waals surface area (Å²) in [4.78, 5) is 30.2. The van der Waals surface area contributed by atoms with E-state index in [4.69, 9.17) is 4.74 Å². The maximum absolute atomic E-state index is 12.7. The number of para-hydroxylation sites is 1. The molecule has 1 unspecified atom stereocenters. The van der Waals surface area contributed by atoms with E-state index in [0.29, 0.717) is 18.5 Å². The zero-order valence-electron chi connectivity index (χ0n) is 18.5. The Morgan fingerprint density at radius 2 is 2.00 bits per heavy atom. The fourth-order valence-electron chi connectivity index (χ4n) is 3.42. The first-order valence-corrected chi connectivity index (χ1v) is 11.4. The highest BCUT2D eigenvalue weighted by Crippen LogP contribution is 2.28. The molecule has 0 spiro atoms. The molecular weight excluding hydrogens is 410 g/mol. The van der Waals surface area contributed by atoms with E-state index in [0.717, 1.165) is 40.5 Å². The summed E-state index contributed by atoms with van der Waals surface area (Å²) >= 11 is 1.50. The number of hydrogen-bond acceptors (Lipinski definition) is 6. The molecule has 1 N–H and O–H groups in total. The van der Waals surface area contributed by atoms with Crippen molar-refractivity contribution in [2.75, 3.05) is 18.5 Å². The predicted molar refractivity (Wildman–Crippen MR) is 127 cm³/mol. The Bertz CT molecular complexity index is 1130. The first-order chi connectivity index (χ1) is 14.9. The number of carbonyl (C=O) groups is 1. The third kappa shape index (κ3) is 5.67. The fraction of sp³-hybridized carbons (Fsp3) is 0.375. The molecule has 0 bridgehead atoms. The lowest BCUT2D eigenvalue weighted by molar-refractivity contribution is -0.142. The quantitative estimate of drug-likeness (QED) is 0.299. The monoisotopic (exact) mass is 439 g/mol. The summed E-state index contributed by atoms with van der Waals surface area (Å²) in [7, 11) is 0. The SMILES string of the molecule is CCOC(=O)C(C)Sc1ccc(NCCCn2c(C)nc3ccccc3c2=O)c(C)c1. The number of nitrogens with zero attached hydrogens (tertiary/aromatic N) is 2. The van der Waals surface area contributed by atoms with Crippen LogP contribution in [0.1, 0.15) is 31.7 Å². The Kier molecular flexibility index (Phi) is 7.74. The molecule has 164 valence electrons. The molecule has 0 aliphatic carbocycles. The van der Waals surface area contributed by atoms with Gasteiger partial charge in [-0.25, -0.2) is 4.98 Å². The van der Waals surface area contributed by atoms with E-state index >= 15 is 0 Å². The smallest absolute Gasteiger partial charge is 0.319 e. The molecule has 1 atom stereocenters. The van der Waals surface area contributed by atoms with Crippen LogP contribution in [0.5, 0.6) is 0 Å². The van der Waals surface area contributed by atoms with Crippen LogP contribution in [0.4, 0.5) is 5.69 Å². The van der Waals surface area contributed by atoms with Crippen LogP contribution in [-0.2, 0) is 16.1 Å². The number of rotatable bonds is 9. The molecule has 0 saturated carbocycles. The second-order valence-electron chi connectivity index (χ2n) is 7.40. The van der Waals surface area contributed by atoms with Crippen molar-refractivity contribution in [2.45, 2.75) is 50.8 Å². The van der Waals surface area contributed by atoms with Gasteiger partial charge in [0, 0.05) is 23.7 Å². The van der Waals surface area contributed by atoms with E-state index in [1.54, 1.807) is 4.57 Å². The van der Waals surface area contributed by atoms with Crippen molar-refractivity contribution in [1.82, 2.24) is 9.55 Å². The lowest BCUT2D eigenvalue weighted by Gasteiger charge is -2.14. The van der Waals surface area contributed by atoms with Gasteiger partial charge in [0.15, 0.2) is 0 Å². The van der Waals surface area contributed by atoms with Crippen molar-refractivity contribution in [3.8, 4) is 0 Å². The van der Waals surface area contributed by atoms with Gasteiger partial charge >= 0.3 is 5.97 Å². The Labute approximate surface area is 187 Å². The highest BCUT2D eigenvalue weighted by atomic mass is 32.2. The van der Waals surface area contributed by atoms with Gasteiger partial charge in [0.1, 0.15) is 11.1 Å². The van der Waals surface area contributed by atoms with Crippen molar-refractivity contribution in [3.63, 3.8) is 0 Å². The number of fused-ring (bicyclic) bond motifs is 1. The van der Waals surface area contributed by atoms with Crippen molar-refractivity contribution in [2.24, 2.45) is 0 Å². The van der Waals surface area contributed by atoms with Crippen molar-refractivity contribution in [1.29, 1.82) is 0 Å². The first kappa shape index (κ1) is 22.9. The van der Waals surface area contributed by atoms with Crippen LogP contribution in [0.25, 0.3) is 10.9 Å². The van der Waals surface area contributed by atoms with Crippen molar-refractivity contribution >= 4 is 34.3 Å². The van der Waals surface area contributed by atoms with Crippen molar-refractivity contribution < 1.29 is 9.53 Å². The number of anilines is 1. The zero-order chi connectivity index (χ0) is 22.4.